The highest BCUT2D eigenvalue weighted by Crippen LogP contribution is 2.43. The molecule has 1 saturated carbocycles. The topological polar surface area (TPSA) is 25.8 Å². The van der Waals surface area contributed by atoms with E-state index >= 15 is 0 Å². The molecule has 1 aliphatic carbocycles. The summed E-state index contributed by atoms with van der Waals surface area (Å²) >= 11 is 10.3. The van der Waals surface area contributed by atoms with Crippen LogP contribution in [0.2, 0.25) is 5.15 Å². The third-order valence-electron chi connectivity index (χ3n) is 3.08. The highest BCUT2D eigenvalue weighted by atomic mass is 127. The molecule has 3 rings (SSSR count). The van der Waals surface area contributed by atoms with E-state index in [0.717, 1.165) is 20.7 Å². The average molecular weight is 391 g/mol. The fourth-order valence-corrected chi connectivity index (χ4v) is 3.81. The number of thiophene rings is 1. The van der Waals surface area contributed by atoms with E-state index < -0.39 is 0 Å². The third kappa shape index (κ3) is 2.30. The van der Waals surface area contributed by atoms with Crippen LogP contribution in [0, 0.1) is 17.4 Å². The first-order chi connectivity index (χ1) is 8.56. The van der Waals surface area contributed by atoms with E-state index in [4.69, 9.17) is 16.6 Å². The summed E-state index contributed by atoms with van der Waals surface area (Å²) in [7, 11) is 0. The largest absolute Gasteiger partial charge is 0.232 e. The van der Waals surface area contributed by atoms with Gasteiger partial charge in [0.15, 0.2) is 5.82 Å². The van der Waals surface area contributed by atoms with Crippen molar-refractivity contribution in [3.8, 4) is 11.4 Å². The van der Waals surface area contributed by atoms with E-state index in [9.17, 15) is 0 Å². The molecule has 2 aromatic rings. The second kappa shape index (κ2) is 4.72. The Morgan fingerprint density at radius 3 is 2.61 bits per heavy atom. The molecule has 2 nitrogen and oxygen atoms in total. The minimum absolute atomic E-state index is 0.589. The van der Waals surface area contributed by atoms with Crippen LogP contribution in [0.25, 0.3) is 11.4 Å². The first-order valence-corrected chi connectivity index (χ1v) is 8.14. The quantitative estimate of drug-likeness (QED) is 0.535. The van der Waals surface area contributed by atoms with E-state index in [1.165, 1.54) is 22.6 Å². The van der Waals surface area contributed by atoms with Crippen molar-refractivity contribution in [1.29, 1.82) is 0 Å². The van der Waals surface area contributed by atoms with Crippen LogP contribution in [-0.2, 0) is 0 Å². The van der Waals surface area contributed by atoms with Gasteiger partial charge in [0, 0.05) is 21.2 Å². The number of nitrogens with zero attached hydrogens (tertiary/aromatic N) is 2. The lowest BCUT2D eigenvalue weighted by atomic mass is 10.2. The van der Waals surface area contributed by atoms with Crippen LogP contribution in [0.5, 0.6) is 0 Å². The highest BCUT2D eigenvalue weighted by molar-refractivity contribution is 14.1. The predicted octanol–water partition coefficient (Wildman–Crippen LogP) is 4.96. The van der Waals surface area contributed by atoms with Crippen LogP contribution in [0.1, 0.15) is 34.2 Å². The van der Waals surface area contributed by atoms with Crippen LogP contribution in [0.3, 0.4) is 0 Å². The molecule has 1 aliphatic rings. The van der Waals surface area contributed by atoms with E-state index in [2.05, 4.69) is 47.5 Å². The number of aryl methyl sites for hydroxylation is 2. The van der Waals surface area contributed by atoms with Gasteiger partial charge in [-0.05, 0) is 55.3 Å². The van der Waals surface area contributed by atoms with Crippen molar-refractivity contribution in [3.05, 3.63) is 30.2 Å². The van der Waals surface area contributed by atoms with Gasteiger partial charge in [0.25, 0.3) is 0 Å². The summed E-state index contributed by atoms with van der Waals surface area (Å²) in [5, 5.41) is 0.589. The zero-order valence-electron chi connectivity index (χ0n) is 10.1. The molecule has 2 aromatic heterocycles. The van der Waals surface area contributed by atoms with Crippen molar-refractivity contribution < 1.29 is 0 Å². The van der Waals surface area contributed by atoms with Crippen molar-refractivity contribution >= 4 is 45.5 Å². The van der Waals surface area contributed by atoms with Gasteiger partial charge in [0.1, 0.15) is 5.15 Å². The van der Waals surface area contributed by atoms with Gasteiger partial charge in [-0.2, -0.15) is 0 Å². The summed E-state index contributed by atoms with van der Waals surface area (Å²) in [6, 6.07) is 2.15. The summed E-state index contributed by atoms with van der Waals surface area (Å²) in [4.78, 5) is 11.7. The molecular weight excluding hydrogens is 379 g/mol. The fourth-order valence-electron chi connectivity index (χ4n) is 2.04. The zero-order chi connectivity index (χ0) is 12.9. The third-order valence-corrected chi connectivity index (χ3v) is 5.70. The smallest absolute Gasteiger partial charge is 0.162 e. The van der Waals surface area contributed by atoms with Crippen molar-refractivity contribution in [1.82, 2.24) is 9.97 Å². The van der Waals surface area contributed by atoms with Crippen molar-refractivity contribution in [2.24, 2.45) is 0 Å². The predicted molar refractivity (Wildman–Crippen MR) is 84.5 cm³/mol. The Labute approximate surface area is 129 Å². The van der Waals surface area contributed by atoms with Crippen LogP contribution >= 0.6 is 45.5 Å². The van der Waals surface area contributed by atoms with Gasteiger partial charge in [-0.15, -0.1) is 11.3 Å². The second-order valence-electron chi connectivity index (χ2n) is 4.64. The Balaban J connectivity index is 2.15. The summed E-state index contributed by atoms with van der Waals surface area (Å²) in [5.41, 5.74) is 2.26. The first-order valence-electron chi connectivity index (χ1n) is 5.86. The molecule has 2 heterocycles. The average Bonchev–Trinajstić information content (AvgIpc) is 3.08. The molecule has 0 N–H and O–H groups in total. The summed E-state index contributed by atoms with van der Waals surface area (Å²) in [5.74, 6) is 1.38. The summed E-state index contributed by atoms with van der Waals surface area (Å²) < 4.78 is 1.02. The SMILES string of the molecule is Cc1cc(-c2nc(Cl)c(I)c(C3CC3)n2)c(C)s1. The van der Waals surface area contributed by atoms with Crippen LogP contribution < -0.4 is 0 Å². The Hall–Kier alpha value is -0.200. The standard InChI is InChI=1S/C13H12ClIN2S/c1-6-5-9(7(2)18-6)13-16-11(8-3-4-8)10(15)12(14)17-13/h5,8H,3-4H2,1-2H3. The lowest BCUT2D eigenvalue weighted by molar-refractivity contribution is 0.978. The fraction of sp³-hybridized carbons (Fsp3) is 0.385. The van der Waals surface area contributed by atoms with Crippen LogP contribution in [0.15, 0.2) is 6.07 Å². The van der Waals surface area contributed by atoms with Gasteiger partial charge in [-0.25, -0.2) is 9.97 Å². The lowest BCUT2D eigenvalue weighted by Gasteiger charge is -2.07. The maximum Gasteiger partial charge on any atom is 0.162 e. The van der Waals surface area contributed by atoms with Gasteiger partial charge in [-0.3, -0.25) is 0 Å². The second-order valence-corrected chi connectivity index (χ2v) is 7.54. The molecule has 0 aliphatic heterocycles. The lowest BCUT2D eigenvalue weighted by Crippen LogP contribution is -1.99. The molecule has 0 atom stereocenters. The molecule has 0 amide bonds. The van der Waals surface area contributed by atoms with E-state index in [1.807, 2.05) is 0 Å². The van der Waals surface area contributed by atoms with E-state index in [-0.39, 0.29) is 0 Å². The minimum Gasteiger partial charge on any atom is -0.232 e. The molecule has 0 unspecified atom stereocenters. The summed E-state index contributed by atoms with van der Waals surface area (Å²) in [6.07, 6.45) is 2.45. The maximum absolute atomic E-state index is 6.24. The minimum atomic E-state index is 0.589. The van der Waals surface area contributed by atoms with Gasteiger partial charge >= 0.3 is 0 Å². The molecule has 0 aromatic carbocycles. The molecule has 5 heteroatoms. The van der Waals surface area contributed by atoms with Crippen molar-refractivity contribution in [2.75, 3.05) is 0 Å². The number of hydrogen-bond donors (Lipinski definition) is 0. The molecule has 94 valence electrons. The molecule has 18 heavy (non-hydrogen) atoms. The zero-order valence-corrected chi connectivity index (χ0v) is 13.9. The van der Waals surface area contributed by atoms with Crippen LogP contribution in [0.4, 0.5) is 0 Å². The van der Waals surface area contributed by atoms with E-state index in [0.29, 0.717) is 11.1 Å². The Kier molecular flexibility index (Phi) is 3.36. The Morgan fingerprint density at radius 2 is 2.06 bits per heavy atom. The number of halogens is 2. The highest BCUT2D eigenvalue weighted by Gasteiger charge is 2.29. The number of aromatic nitrogens is 2. The molecular formula is C13H12ClIN2S. The van der Waals surface area contributed by atoms with Crippen molar-refractivity contribution in [2.45, 2.75) is 32.6 Å². The molecule has 0 saturated heterocycles. The van der Waals surface area contributed by atoms with Gasteiger partial charge in [0.05, 0.1) is 9.26 Å². The molecule has 1 fully saturated rings. The normalized spacial score (nSPS) is 15.1. The molecule has 0 bridgehead atoms. The van der Waals surface area contributed by atoms with E-state index in [1.54, 1.807) is 11.3 Å². The first kappa shape index (κ1) is 12.8. The number of hydrogen-bond acceptors (Lipinski definition) is 3. The van der Waals surface area contributed by atoms with Gasteiger partial charge < -0.3 is 0 Å². The van der Waals surface area contributed by atoms with Gasteiger partial charge in [0.2, 0.25) is 0 Å². The van der Waals surface area contributed by atoms with Crippen LogP contribution in [-0.4, -0.2) is 9.97 Å². The maximum atomic E-state index is 6.24. The number of rotatable bonds is 2. The summed E-state index contributed by atoms with van der Waals surface area (Å²) in [6.45, 7) is 4.22. The molecule has 0 radical (unpaired) electrons. The Bertz CT molecular complexity index is 620. The van der Waals surface area contributed by atoms with Crippen molar-refractivity contribution in [3.63, 3.8) is 0 Å². The molecule has 0 spiro atoms. The Morgan fingerprint density at radius 1 is 1.33 bits per heavy atom. The van der Waals surface area contributed by atoms with Gasteiger partial charge in [-0.1, -0.05) is 11.6 Å². The monoisotopic (exact) mass is 390 g/mol.